The van der Waals surface area contributed by atoms with E-state index >= 15 is 0 Å². The molecule has 0 saturated carbocycles. The van der Waals surface area contributed by atoms with Crippen LogP contribution >= 0.6 is 11.5 Å². The van der Waals surface area contributed by atoms with Gasteiger partial charge < -0.3 is 9.47 Å². The van der Waals surface area contributed by atoms with E-state index < -0.39 is 0 Å². The van der Waals surface area contributed by atoms with Gasteiger partial charge in [-0.25, -0.2) is 0 Å². The van der Waals surface area contributed by atoms with Gasteiger partial charge in [0.2, 0.25) is 0 Å². The van der Waals surface area contributed by atoms with Crippen molar-refractivity contribution >= 4 is 11.5 Å². The largest absolute Gasteiger partial charge is 0.464 e. The van der Waals surface area contributed by atoms with Crippen LogP contribution in [0.25, 0.3) is 21.6 Å². The molecule has 3 aromatic rings. The zero-order valence-electron chi connectivity index (χ0n) is 13.8. The maximum Gasteiger partial charge on any atom is 0.199 e. The lowest BCUT2D eigenvalue weighted by Crippen LogP contribution is -2.18. The van der Waals surface area contributed by atoms with Crippen LogP contribution in [0.15, 0.2) is 54.7 Å². The van der Waals surface area contributed by atoms with E-state index in [4.69, 9.17) is 9.47 Å². The Kier molecular flexibility index (Phi) is 5.56. The van der Waals surface area contributed by atoms with Crippen LogP contribution in [0.4, 0.5) is 0 Å². The van der Waals surface area contributed by atoms with Gasteiger partial charge in [-0.15, -0.1) is 5.10 Å². The number of aromatic nitrogens is 2. The molecule has 0 aliphatic heterocycles. The quantitative estimate of drug-likeness (QED) is 0.566. The van der Waals surface area contributed by atoms with Crippen LogP contribution in [0.5, 0.6) is 5.75 Å². The van der Waals surface area contributed by atoms with Crippen molar-refractivity contribution in [1.29, 1.82) is 0 Å². The molecule has 0 saturated heterocycles. The second-order valence-corrected chi connectivity index (χ2v) is 6.18. The Balaban J connectivity index is 2.02. The second kappa shape index (κ2) is 8.04. The summed E-state index contributed by atoms with van der Waals surface area (Å²) in [4.78, 5) is 1.04. The molecule has 0 radical (unpaired) electrons. The summed E-state index contributed by atoms with van der Waals surface area (Å²) in [6, 6.07) is 16.3. The van der Waals surface area contributed by atoms with Crippen molar-refractivity contribution in [2.24, 2.45) is 0 Å². The van der Waals surface area contributed by atoms with Crippen molar-refractivity contribution in [3.8, 4) is 27.3 Å². The molecule has 3 rings (SSSR count). The molecular formula is C19H20N2O2S. The van der Waals surface area contributed by atoms with E-state index in [1.807, 2.05) is 30.3 Å². The lowest BCUT2D eigenvalue weighted by molar-refractivity contribution is -0.0580. The van der Waals surface area contributed by atoms with Crippen LogP contribution in [0.1, 0.15) is 19.8 Å². The highest BCUT2D eigenvalue weighted by Gasteiger charge is 2.15. The average molecular weight is 340 g/mol. The molecule has 124 valence electrons. The summed E-state index contributed by atoms with van der Waals surface area (Å²) in [5.41, 5.74) is 3.25. The van der Waals surface area contributed by atoms with Crippen molar-refractivity contribution in [2.45, 2.75) is 26.1 Å². The minimum Gasteiger partial charge on any atom is -0.464 e. The van der Waals surface area contributed by atoms with Crippen LogP contribution in [0.3, 0.4) is 0 Å². The molecule has 0 aliphatic rings. The van der Waals surface area contributed by atoms with Gasteiger partial charge in [0.1, 0.15) is 5.75 Å². The zero-order chi connectivity index (χ0) is 16.8. The van der Waals surface area contributed by atoms with Gasteiger partial charge in [0, 0.05) is 24.7 Å². The number of nitrogens with zero attached hydrogens (tertiary/aromatic N) is 2. The van der Waals surface area contributed by atoms with E-state index in [0.717, 1.165) is 40.2 Å². The van der Waals surface area contributed by atoms with Crippen molar-refractivity contribution in [2.75, 3.05) is 7.11 Å². The lowest BCUT2D eigenvalue weighted by Gasteiger charge is -2.20. The molecule has 2 aromatic carbocycles. The highest BCUT2D eigenvalue weighted by molar-refractivity contribution is 7.09. The summed E-state index contributed by atoms with van der Waals surface area (Å²) in [6.07, 6.45) is 3.41. The van der Waals surface area contributed by atoms with E-state index in [1.54, 1.807) is 13.3 Å². The number of methoxy groups -OCH3 is 1. The van der Waals surface area contributed by atoms with Crippen LogP contribution in [-0.4, -0.2) is 23.0 Å². The van der Waals surface area contributed by atoms with Gasteiger partial charge in [0.15, 0.2) is 6.29 Å². The van der Waals surface area contributed by atoms with E-state index in [-0.39, 0.29) is 6.29 Å². The maximum atomic E-state index is 6.11. The number of ether oxygens (including phenoxy) is 2. The fraction of sp³-hybridized carbons (Fsp3) is 0.263. The topological polar surface area (TPSA) is 44.2 Å². The standard InChI is InChI=1S/C19H20N2O2S/c1-3-8-19(22-2)23-17-12-7-6-10-15(17)14-9-4-5-11-16(14)18-13-20-21-24-18/h4-7,9-13,19H,3,8H2,1-2H3. The van der Waals surface area contributed by atoms with Crippen molar-refractivity contribution in [3.05, 3.63) is 54.7 Å². The summed E-state index contributed by atoms with van der Waals surface area (Å²) in [7, 11) is 1.68. The van der Waals surface area contributed by atoms with E-state index in [0.29, 0.717) is 0 Å². The van der Waals surface area contributed by atoms with E-state index in [2.05, 4.69) is 34.7 Å². The Labute approximate surface area is 146 Å². The molecule has 24 heavy (non-hydrogen) atoms. The van der Waals surface area contributed by atoms with E-state index in [9.17, 15) is 0 Å². The molecule has 0 fully saturated rings. The number of rotatable bonds is 7. The molecular weight excluding hydrogens is 320 g/mol. The van der Waals surface area contributed by atoms with Gasteiger partial charge in [0.05, 0.1) is 11.1 Å². The van der Waals surface area contributed by atoms with Crippen LogP contribution < -0.4 is 4.74 Å². The van der Waals surface area contributed by atoms with Gasteiger partial charge >= 0.3 is 0 Å². The van der Waals surface area contributed by atoms with Crippen LogP contribution in [0.2, 0.25) is 0 Å². The Bertz CT molecular complexity index is 775. The summed E-state index contributed by atoms with van der Waals surface area (Å²) in [6.45, 7) is 2.12. The Hall–Kier alpha value is -2.24. The van der Waals surface area contributed by atoms with Crippen LogP contribution in [-0.2, 0) is 4.74 Å². The highest BCUT2D eigenvalue weighted by atomic mass is 32.1. The first kappa shape index (κ1) is 16.6. The van der Waals surface area contributed by atoms with E-state index in [1.165, 1.54) is 11.5 Å². The minimum atomic E-state index is -0.242. The molecule has 1 atom stereocenters. The number of hydrogen-bond donors (Lipinski definition) is 0. The summed E-state index contributed by atoms with van der Waals surface area (Å²) in [5, 5.41) is 3.96. The van der Waals surface area contributed by atoms with Crippen molar-refractivity contribution < 1.29 is 9.47 Å². The SMILES string of the molecule is CCCC(OC)Oc1ccccc1-c1ccccc1-c1cnns1. The fourth-order valence-electron chi connectivity index (χ4n) is 2.61. The van der Waals surface area contributed by atoms with Gasteiger partial charge in [0.25, 0.3) is 0 Å². The third-order valence-electron chi connectivity index (χ3n) is 3.78. The predicted molar refractivity (Wildman–Crippen MR) is 97.1 cm³/mol. The third-order valence-corrected chi connectivity index (χ3v) is 4.47. The lowest BCUT2D eigenvalue weighted by atomic mass is 9.98. The highest BCUT2D eigenvalue weighted by Crippen LogP contribution is 2.38. The molecule has 0 bridgehead atoms. The van der Waals surface area contributed by atoms with Gasteiger partial charge in [-0.05, 0) is 23.2 Å². The first-order valence-corrected chi connectivity index (χ1v) is 8.76. The predicted octanol–water partition coefficient (Wildman–Crippen LogP) is 5.02. The molecule has 0 amide bonds. The summed E-state index contributed by atoms with van der Waals surface area (Å²) >= 11 is 1.39. The second-order valence-electron chi connectivity index (χ2n) is 5.40. The monoisotopic (exact) mass is 340 g/mol. The Morgan fingerprint density at radius 1 is 1.00 bits per heavy atom. The number of benzene rings is 2. The molecule has 0 N–H and O–H groups in total. The third kappa shape index (κ3) is 3.63. The smallest absolute Gasteiger partial charge is 0.199 e. The fourth-order valence-corrected chi connectivity index (χ4v) is 3.17. The maximum absolute atomic E-state index is 6.11. The molecule has 0 spiro atoms. The van der Waals surface area contributed by atoms with Crippen molar-refractivity contribution in [1.82, 2.24) is 9.59 Å². The first-order chi connectivity index (χ1) is 11.8. The Morgan fingerprint density at radius 3 is 2.38 bits per heavy atom. The van der Waals surface area contributed by atoms with Gasteiger partial charge in [-0.3, -0.25) is 0 Å². The first-order valence-electron chi connectivity index (χ1n) is 7.99. The van der Waals surface area contributed by atoms with Crippen LogP contribution in [0, 0.1) is 0 Å². The molecule has 4 nitrogen and oxygen atoms in total. The average Bonchev–Trinajstić information content (AvgIpc) is 3.16. The molecule has 5 heteroatoms. The van der Waals surface area contributed by atoms with Gasteiger partial charge in [-0.2, -0.15) is 0 Å². The summed E-state index contributed by atoms with van der Waals surface area (Å²) < 4.78 is 15.5. The zero-order valence-corrected chi connectivity index (χ0v) is 14.6. The molecule has 0 aliphatic carbocycles. The van der Waals surface area contributed by atoms with Gasteiger partial charge in [-0.1, -0.05) is 60.3 Å². The molecule has 1 aromatic heterocycles. The molecule has 1 heterocycles. The molecule has 1 unspecified atom stereocenters. The summed E-state index contributed by atoms with van der Waals surface area (Å²) in [5.74, 6) is 0.822. The number of para-hydroxylation sites is 1. The number of hydrogen-bond acceptors (Lipinski definition) is 5. The Morgan fingerprint density at radius 2 is 1.71 bits per heavy atom. The van der Waals surface area contributed by atoms with Crippen molar-refractivity contribution in [3.63, 3.8) is 0 Å². The normalized spacial score (nSPS) is 12.1. The minimum absolute atomic E-state index is 0.242.